The van der Waals surface area contributed by atoms with E-state index < -0.39 is 10.0 Å². The Kier molecular flexibility index (Phi) is 3.50. The molecule has 1 fully saturated rings. The highest BCUT2D eigenvalue weighted by molar-refractivity contribution is 7.89. The highest BCUT2D eigenvalue weighted by atomic mass is 32.2. The minimum atomic E-state index is -3.48. The van der Waals surface area contributed by atoms with Crippen molar-refractivity contribution in [1.29, 1.82) is 0 Å². The normalized spacial score (nSPS) is 27.2. The first-order valence-electron chi connectivity index (χ1n) is 5.77. The summed E-state index contributed by atoms with van der Waals surface area (Å²) in [5.41, 5.74) is 5.70. The predicted octanol–water partition coefficient (Wildman–Crippen LogP) is 0.158. The van der Waals surface area contributed by atoms with Gasteiger partial charge in [0.1, 0.15) is 0 Å². The van der Waals surface area contributed by atoms with Crippen LogP contribution in [0.5, 0.6) is 0 Å². The SMILES string of the molecule is CC1CCCN(S(=O)(=O)c2cnc[nH]2)C1CN. The quantitative estimate of drug-likeness (QED) is 0.807. The first-order valence-corrected chi connectivity index (χ1v) is 7.21. The third kappa shape index (κ3) is 2.22. The second-order valence-corrected chi connectivity index (χ2v) is 6.31. The Labute approximate surface area is 101 Å². The molecule has 3 N–H and O–H groups in total. The monoisotopic (exact) mass is 258 g/mol. The third-order valence-electron chi connectivity index (χ3n) is 3.37. The molecular formula is C10H18N4O2S. The van der Waals surface area contributed by atoms with Crippen LogP contribution in [0, 0.1) is 5.92 Å². The van der Waals surface area contributed by atoms with Crippen molar-refractivity contribution in [2.24, 2.45) is 11.7 Å². The summed E-state index contributed by atoms with van der Waals surface area (Å²) in [6.45, 7) is 2.94. The van der Waals surface area contributed by atoms with Crippen molar-refractivity contribution in [2.45, 2.75) is 30.8 Å². The van der Waals surface area contributed by atoms with Gasteiger partial charge >= 0.3 is 0 Å². The molecule has 0 bridgehead atoms. The molecule has 1 aromatic heterocycles. The van der Waals surface area contributed by atoms with Crippen LogP contribution in [0.3, 0.4) is 0 Å². The van der Waals surface area contributed by atoms with E-state index >= 15 is 0 Å². The van der Waals surface area contributed by atoms with Gasteiger partial charge in [-0.3, -0.25) is 0 Å². The van der Waals surface area contributed by atoms with Gasteiger partial charge in [0.2, 0.25) is 0 Å². The second-order valence-electron chi connectivity index (χ2n) is 4.45. The molecule has 0 aromatic carbocycles. The topological polar surface area (TPSA) is 92.1 Å². The van der Waals surface area contributed by atoms with Crippen LogP contribution >= 0.6 is 0 Å². The number of imidazole rings is 1. The number of nitrogens with zero attached hydrogens (tertiary/aromatic N) is 2. The maximum Gasteiger partial charge on any atom is 0.260 e. The van der Waals surface area contributed by atoms with Crippen molar-refractivity contribution in [3.05, 3.63) is 12.5 Å². The van der Waals surface area contributed by atoms with E-state index in [1.807, 2.05) is 6.92 Å². The summed E-state index contributed by atoms with van der Waals surface area (Å²) in [6.07, 6.45) is 4.61. The Morgan fingerprint density at radius 1 is 1.65 bits per heavy atom. The first-order chi connectivity index (χ1) is 8.07. The van der Waals surface area contributed by atoms with Crippen molar-refractivity contribution in [3.8, 4) is 0 Å². The van der Waals surface area contributed by atoms with Crippen LogP contribution < -0.4 is 5.73 Å². The fourth-order valence-electron chi connectivity index (χ4n) is 2.37. The highest BCUT2D eigenvalue weighted by Gasteiger charge is 2.36. The summed E-state index contributed by atoms with van der Waals surface area (Å²) >= 11 is 0. The van der Waals surface area contributed by atoms with Crippen LogP contribution in [0.4, 0.5) is 0 Å². The highest BCUT2D eigenvalue weighted by Crippen LogP contribution is 2.27. The fourth-order valence-corrected chi connectivity index (χ4v) is 4.04. The molecule has 17 heavy (non-hydrogen) atoms. The summed E-state index contributed by atoms with van der Waals surface area (Å²) in [6, 6.07) is -0.114. The Morgan fingerprint density at radius 2 is 2.41 bits per heavy atom. The van der Waals surface area contributed by atoms with E-state index in [1.54, 1.807) is 0 Å². The molecule has 2 rings (SSSR count). The Bertz CT molecular complexity index is 457. The van der Waals surface area contributed by atoms with Gasteiger partial charge in [-0.25, -0.2) is 13.4 Å². The van der Waals surface area contributed by atoms with Gasteiger partial charge < -0.3 is 10.7 Å². The minimum Gasteiger partial charge on any atom is -0.335 e. The molecular weight excluding hydrogens is 240 g/mol. The number of sulfonamides is 1. The molecule has 7 heteroatoms. The molecule has 1 aliphatic rings. The minimum absolute atomic E-state index is 0.114. The average molecular weight is 258 g/mol. The molecule has 0 amide bonds. The lowest BCUT2D eigenvalue weighted by molar-refractivity contribution is 0.192. The van der Waals surface area contributed by atoms with E-state index in [0.717, 1.165) is 12.8 Å². The summed E-state index contributed by atoms with van der Waals surface area (Å²) < 4.78 is 26.2. The van der Waals surface area contributed by atoms with Gasteiger partial charge in [-0.15, -0.1) is 0 Å². The van der Waals surface area contributed by atoms with Crippen LogP contribution in [0.25, 0.3) is 0 Å². The zero-order valence-electron chi connectivity index (χ0n) is 9.83. The van der Waals surface area contributed by atoms with Gasteiger partial charge in [0.25, 0.3) is 10.0 Å². The number of H-pyrrole nitrogens is 1. The summed E-state index contributed by atoms with van der Waals surface area (Å²) in [7, 11) is -3.48. The van der Waals surface area contributed by atoms with E-state index in [0.29, 0.717) is 19.0 Å². The Hall–Kier alpha value is -0.920. The number of nitrogens with two attached hydrogens (primary N) is 1. The van der Waals surface area contributed by atoms with Gasteiger partial charge in [0.05, 0.1) is 12.5 Å². The van der Waals surface area contributed by atoms with E-state index in [4.69, 9.17) is 5.73 Å². The van der Waals surface area contributed by atoms with E-state index in [2.05, 4.69) is 9.97 Å². The van der Waals surface area contributed by atoms with Gasteiger partial charge in [0, 0.05) is 19.1 Å². The summed E-state index contributed by atoms with van der Waals surface area (Å²) in [4.78, 5) is 6.41. The largest absolute Gasteiger partial charge is 0.335 e. The first kappa shape index (κ1) is 12.5. The maximum absolute atomic E-state index is 12.4. The number of nitrogens with one attached hydrogen (secondary N) is 1. The lowest BCUT2D eigenvalue weighted by Gasteiger charge is -2.37. The predicted molar refractivity (Wildman–Crippen MR) is 63.7 cm³/mol. The molecule has 1 aromatic rings. The molecule has 2 heterocycles. The molecule has 0 radical (unpaired) electrons. The Morgan fingerprint density at radius 3 is 3.00 bits per heavy atom. The van der Waals surface area contributed by atoms with E-state index in [9.17, 15) is 8.42 Å². The smallest absolute Gasteiger partial charge is 0.260 e. The molecule has 1 aliphatic heterocycles. The van der Waals surface area contributed by atoms with Crippen LogP contribution in [0.2, 0.25) is 0 Å². The fraction of sp³-hybridized carbons (Fsp3) is 0.700. The second kappa shape index (κ2) is 4.75. The third-order valence-corrected chi connectivity index (χ3v) is 5.22. The number of piperidine rings is 1. The Balaban J connectivity index is 2.32. The van der Waals surface area contributed by atoms with Crippen molar-refractivity contribution >= 4 is 10.0 Å². The average Bonchev–Trinajstić information content (AvgIpc) is 2.82. The van der Waals surface area contributed by atoms with Crippen LogP contribution in [0.15, 0.2) is 17.6 Å². The zero-order chi connectivity index (χ0) is 12.5. The van der Waals surface area contributed by atoms with Gasteiger partial charge in [-0.05, 0) is 18.8 Å². The summed E-state index contributed by atoms with van der Waals surface area (Å²) in [5, 5.41) is 0.144. The van der Waals surface area contributed by atoms with Crippen molar-refractivity contribution in [1.82, 2.24) is 14.3 Å². The molecule has 0 saturated carbocycles. The lowest BCUT2D eigenvalue weighted by Crippen LogP contribution is -2.51. The van der Waals surface area contributed by atoms with Crippen molar-refractivity contribution in [3.63, 3.8) is 0 Å². The van der Waals surface area contributed by atoms with Crippen molar-refractivity contribution in [2.75, 3.05) is 13.1 Å². The number of rotatable bonds is 3. The molecule has 6 nitrogen and oxygen atoms in total. The van der Waals surface area contributed by atoms with Crippen LogP contribution in [0.1, 0.15) is 19.8 Å². The van der Waals surface area contributed by atoms with E-state index in [-0.39, 0.29) is 11.1 Å². The van der Waals surface area contributed by atoms with E-state index in [1.165, 1.54) is 16.8 Å². The van der Waals surface area contributed by atoms with Crippen molar-refractivity contribution < 1.29 is 8.42 Å². The molecule has 1 saturated heterocycles. The molecule has 96 valence electrons. The zero-order valence-corrected chi connectivity index (χ0v) is 10.7. The molecule has 0 aliphatic carbocycles. The van der Waals surface area contributed by atoms with Gasteiger partial charge in [-0.1, -0.05) is 6.92 Å². The number of hydrogen-bond acceptors (Lipinski definition) is 4. The number of aromatic nitrogens is 2. The maximum atomic E-state index is 12.4. The van der Waals surface area contributed by atoms with Crippen LogP contribution in [-0.4, -0.2) is 41.8 Å². The standard InChI is InChI=1S/C10H18N4O2S/c1-8-3-2-4-14(9(8)5-11)17(15,16)10-6-12-7-13-10/h6-9H,2-5,11H2,1H3,(H,12,13). The number of aromatic amines is 1. The summed E-state index contributed by atoms with van der Waals surface area (Å²) in [5.74, 6) is 0.298. The lowest BCUT2D eigenvalue weighted by atomic mass is 9.93. The molecule has 2 atom stereocenters. The number of hydrogen-bond donors (Lipinski definition) is 2. The molecule has 0 spiro atoms. The molecule has 2 unspecified atom stereocenters. The van der Waals surface area contributed by atoms with Gasteiger partial charge in [0.15, 0.2) is 5.03 Å². The van der Waals surface area contributed by atoms with Gasteiger partial charge in [-0.2, -0.15) is 4.31 Å². The van der Waals surface area contributed by atoms with Crippen LogP contribution in [-0.2, 0) is 10.0 Å².